The summed E-state index contributed by atoms with van der Waals surface area (Å²) in [6.45, 7) is 0. The Labute approximate surface area is 151 Å². The zero-order chi connectivity index (χ0) is 22.3. The Bertz CT molecular complexity index is 927. The highest BCUT2D eigenvalue weighted by Gasteiger charge is 2.49. The van der Waals surface area contributed by atoms with Crippen LogP contribution in [0.3, 0.4) is 0 Å². The summed E-state index contributed by atoms with van der Waals surface area (Å²) in [6.07, 6.45) is 0. The molecule has 2 unspecified atom stereocenters. The fraction of sp³-hybridized carbons (Fsp3) is 1.00. The van der Waals surface area contributed by atoms with Crippen molar-refractivity contribution < 1.29 is 51.6 Å². The van der Waals surface area contributed by atoms with E-state index >= 15 is 0 Å². The second kappa shape index (κ2) is 7.59. The molecule has 0 fully saturated rings. The molecule has 1 N–H and O–H groups in total. The lowest BCUT2D eigenvalue weighted by Crippen LogP contribution is -2.46. The van der Waals surface area contributed by atoms with Crippen molar-refractivity contribution in [1.82, 2.24) is 12.7 Å². The van der Waals surface area contributed by atoms with Gasteiger partial charge in [-0.2, -0.15) is 43.2 Å². The first kappa shape index (κ1) is 26.3. The first-order valence-corrected chi connectivity index (χ1v) is 11.7. The molecule has 164 valence electrons. The molecule has 0 aliphatic carbocycles. The lowest BCUT2D eigenvalue weighted by molar-refractivity contribution is -0.0440. The minimum Gasteiger partial charge on any atom is -0.215 e. The zero-order valence-electron chi connectivity index (χ0n) is 13.6. The third-order valence-corrected chi connectivity index (χ3v) is 10.3. The Morgan fingerprint density at radius 1 is 0.630 bits per heavy atom. The molecule has 0 heterocycles. The average Bonchev–Trinajstić information content (AvgIpc) is 2.33. The number of nitrogens with zero attached hydrogens (tertiary/aromatic N) is 4. The van der Waals surface area contributed by atoms with Crippen LogP contribution in [-0.4, -0.2) is 73.1 Å². The normalized spacial score (nSPS) is 18.8. The summed E-state index contributed by atoms with van der Waals surface area (Å²) in [5.74, 6) is 0. The highest BCUT2D eigenvalue weighted by molar-refractivity contribution is 8.11. The maximum absolute atomic E-state index is 12.4. The van der Waals surface area contributed by atoms with Gasteiger partial charge in [-0.1, -0.05) is 7.54 Å². The van der Waals surface area contributed by atoms with Crippen LogP contribution in [0.25, 0.3) is 0 Å². The van der Waals surface area contributed by atoms with E-state index in [0.29, 0.717) is 28.2 Å². The van der Waals surface area contributed by atoms with Gasteiger partial charge in [-0.25, -0.2) is 17.0 Å². The molecule has 27 heavy (non-hydrogen) atoms. The highest BCUT2D eigenvalue weighted by atomic mass is 32.3. The number of rotatable bonds is 6. The van der Waals surface area contributed by atoms with E-state index in [4.69, 9.17) is 0 Å². The molecule has 0 radical (unpaired) electrons. The SMILES string of the molecule is CN(C)S(=O)(=NS(=O)(=O)C(F)(F)F)NS(=O)(=NS(=O)(=O)C(F)(F)F)N(C)C. The largest absolute Gasteiger partial charge is 0.519 e. The molecule has 0 bridgehead atoms. The molecule has 0 saturated heterocycles. The third-order valence-electron chi connectivity index (χ3n) is 2.19. The molecule has 2 atom stereocenters. The summed E-state index contributed by atoms with van der Waals surface area (Å²) < 4.78 is 149. The molecule has 0 aromatic heterocycles. The lowest BCUT2D eigenvalue weighted by atomic mass is 11.3. The van der Waals surface area contributed by atoms with Crippen molar-refractivity contribution in [3.8, 4) is 0 Å². The maximum Gasteiger partial charge on any atom is 0.519 e. The summed E-state index contributed by atoms with van der Waals surface area (Å²) in [5.41, 5.74) is -12.1. The molecule has 11 nitrogen and oxygen atoms in total. The van der Waals surface area contributed by atoms with Crippen molar-refractivity contribution in [3.63, 3.8) is 0 Å². The molecule has 0 saturated carbocycles. The Balaban J connectivity index is 6.92. The van der Waals surface area contributed by atoms with Gasteiger partial charge in [0.25, 0.3) is 0 Å². The van der Waals surface area contributed by atoms with Gasteiger partial charge in [-0.05, 0) is 0 Å². The molecule has 0 rings (SSSR count). The van der Waals surface area contributed by atoms with Gasteiger partial charge in [0.2, 0.25) is 20.2 Å². The van der Waals surface area contributed by atoms with Gasteiger partial charge >= 0.3 is 31.1 Å². The van der Waals surface area contributed by atoms with E-state index in [1.54, 1.807) is 0 Å². The summed E-state index contributed by atoms with van der Waals surface area (Å²) in [4.78, 5) is 0. The van der Waals surface area contributed by atoms with Gasteiger partial charge in [0.15, 0.2) is 0 Å². The van der Waals surface area contributed by atoms with Crippen LogP contribution in [-0.2, 0) is 40.2 Å². The summed E-state index contributed by atoms with van der Waals surface area (Å²) >= 11 is 0. The van der Waals surface area contributed by atoms with Crippen LogP contribution in [0, 0.1) is 0 Å². The molecule has 0 spiro atoms. The third kappa shape index (κ3) is 6.12. The van der Waals surface area contributed by atoms with Crippen molar-refractivity contribution in [2.45, 2.75) is 11.0 Å². The molecule has 0 aromatic carbocycles. The predicted molar refractivity (Wildman–Crippen MR) is 81.6 cm³/mol. The monoisotopic (exact) mass is 493 g/mol. The fourth-order valence-corrected chi connectivity index (χ4v) is 7.79. The maximum atomic E-state index is 12.4. The second-order valence-corrected chi connectivity index (χ2v) is 12.8. The molecular weight excluding hydrogens is 480 g/mol. The van der Waals surface area contributed by atoms with Gasteiger partial charge in [-0.3, -0.25) is 0 Å². The van der Waals surface area contributed by atoms with E-state index in [0.717, 1.165) is 4.13 Å². The van der Waals surface area contributed by atoms with Crippen LogP contribution in [0.2, 0.25) is 0 Å². The van der Waals surface area contributed by atoms with Crippen molar-refractivity contribution >= 4 is 40.2 Å². The molecule has 0 aliphatic rings. The zero-order valence-corrected chi connectivity index (χ0v) is 16.9. The quantitative estimate of drug-likeness (QED) is 0.516. The van der Waals surface area contributed by atoms with Crippen LogP contribution in [0.4, 0.5) is 26.3 Å². The van der Waals surface area contributed by atoms with Crippen molar-refractivity contribution in [2.24, 2.45) is 7.54 Å². The van der Waals surface area contributed by atoms with Gasteiger partial charge in [0, 0.05) is 28.2 Å². The molecule has 0 amide bonds. The number of halogens is 6. The predicted octanol–water partition coefficient (Wildman–Crippen LogP) is -0.00560. The topological polar surface area (TPSA) is 146 Å². The van der Waals surface area contributed by atoms with Crippen molar-refractivity contribution in [3.05, 3.63) is 0 Å². The van der Waals surface area contributed by atoms with Gasteiger partial charge < -0.3 is 0 Å². The van der Waals surface area contributed by atoms with E-state index in [-0.39, 0.29) is 8.61 Å². The molecule has 0 aliphatic heterocycles. The molecular formula is C6H13F6N5O6S4. The average molecular weight is 493 g/mol. The van der Waals surface area contributed by atoms with Crippen molar-refractivity contribution in [2.75, 3.05) is 28.2 Å². The van der Waals surface area contributed by atoms with E-state index in [9.17, 15) is 51.6 Å². The number of hydrogen-bond acceptors (Lipinski definition) is 6. The standard InChI is InChI=1S/C6H13F6N5O6S4/c1-16(2)26(22,13-24(18,19)5(7,8)9)15-27(23,17(3)4)14-25(20,21)6(10,11)12/h1-4H3,(H,13,14,15,22,23). The Hall–Kier alpha value is -0.740. The van der Waals surface area contributed by atoms with Crippen LogP contribution < -0.4 is 4.13 Å². The van der Waals surface area contributed by atoms with Crippen LogP contribution >= 0.6 is 0 Å². The first-order chi connectivity index (χ1) is 11.5. The van der Waals surface area contributed by atoms with E-state index in [2.05, 4.69) is 0 Å². The number of hydrogen-bond donors (Lipinski definition) is 1. The fourth-order valence-electron chi connectivity index (χ4n) is 0.805. The first-order valence-electron chi connectivity index (χ1n) is 5.83. The van der Waals surface area contributed by atoms with E-state index < -0.39 is 51.3 Å². The number of nitrogens with one attached hydrogen (secondary N) is 1. The minimum absolute atomic E-state index is 0.134. The summed E-state index contributed by atoms with van der Waals surface area (Å²) in [6, 6.07) is 0. The second-order valence-electron chi connectivity index (χ2n) is 4.69. The summed E-state index contributed by atoms with van der Waals surface area (Å²) in [7, 11) is -20.5. The summed E-state index contributed by atoms with van der Waals surface area (Å²) in [5, 5.41) is 0. The number of alkyl halides is 6. The van der Waals surface area contributed by atoms with E-state index in [1.807, 2.05) is 7.54 Å². The van der Waals surface area contributed by atoms with Gasteiger partial charge in [-0.15, -0.1) is 4.13 Å². The van der Waals surface area contributed by atoms with Crippen molar-refractivity contribution in [1.29, 1.82) is 0 Å². The Kier molecular flexibility index (Phi) is 7.38. The van der Waals surface area contributed by atoms with Gasteiger partial charge in [0.1, 0.15) is 0 Å². The lowest BCUT2D eigenvalue weighted by Gasteiger charge is -2.23. The van der Waals surface area contributed by atoms with Gasteiger partial charge in [0.05, 0.1) is 0 Å². The Morgan fingerprint density at radius 3 is 1.00 bits per heavy atom. The smallest absolute Gasteiger partial charge is 0.215 e. The minimum atomic E-state index is -6.48. The number of sulfonamides is 2. The Morgan fingerprint density at radius 2 is 0.852 bits per heavy atom. The van der Waals surface area contributed by atoms with Crippen LogP contribution in [0.1, 0.15) is 0 Å². The van der Waals surface area contributed by atoms with E-state index in [1.165, 1.54) is 0 Å². The van der Waals surface area contributed by atoms with Crippen LogP contribution in [0.5, 0.6) is 0 Å². The molecule has 0 aromatic rings. The van der Waals surface area contributed by atoms with Crippen LogP contribution in [0.15, 0.2) is 7.54 Å². The highest BCUT2D eigenvalue weighted by Crippen LogP contribution is 2.28. The molecule has 21 heteroatoms.